The van der Waals surface area contributed by atoms with Crippen molar-refractivity contribution in [1.29, 1.82) is 0 Å². The molecule has 0 saturated heterocycles. The molecular weight excluding hydrogens is 402 g/mol. The number of ether oxygens (including phenoxy) is 1. The van der Waals surface area contributed by atoms with Gasteiger partial charge >= 0.3 is 0 Å². The minimum absolute atomic E-state index is 0.0525. The fourth-order valence-electron chi connectivity index (χ4n) is 4.59. The molecule has 0 saturated carbocycles. The molecule has 6 nitrogen and oxygen atoms in total. The zero-order valence-electron chi connectivity index (χ0n) is 18.9. The summed E-state index contributed by atoms with van der Waals surface area (Å²) in [7, 11) is 1.62. The van der Waals surface area contributed by atoms with Crippen LogP contribution in [-0.2, 0) is 9.53 Å². The molecule has 0 bridgehead atoms. The number of hydrogen-bond acceptors (Lipinski definition) is 3. The maximum Gasteiger partial charge on any atom is 0.254 e. The molecule has 1 aliphatic rings. The Labute approximate surface area is 188 Å². The highest BCUT2D eigenvalue weighted by atomic mass is 16.5. The van der Waals surface area contributed by atoms with Crippen LogP contribution < -0.4 is 5.32 Å². The van der Waals surface area contributed by atoms with Crippen molar-refractivity contribution in [2.45, 2.75) is 32.2 Å². The zero-order chi connectivity index (χ0) is 22.7. The number of nitrogens with one attached hydrogen (secondary N) is 2. The molecule has 1 aromatic heterocycles. The number of aromatic amines is 1. The van der Waals surface area contributed by atoms with Gasteiger partial charge in [-0.1, -0.05) is 50.2 Å². The second kappa shape index (κ2) is 9.57. The number of carbonyl (C=O) groups excluding carboxylic acids is 2. The monoisotopic (exact) mass is 433 g/mol. The minimum Gasteiger partial charge on any atom is -0.383 e. The van der Waals surface area contributed by atoms with Crippen molar-refractivity contribution in [2.75, 3.05) is 26.8 Å². The van der Waals surface area contributed by atoms with E-state index in [0.717, 1.165) is 28.5 Å². The number of methoxy groups -OCH3 is 1. The number of para-hydroxylation sites is 1. The highest BCUT2D eigenvalue weighted by Crippen LogP contribution is 2.44. The summed E-state index contributed by atoms with van der Waals surface area (Å²) in [6.45, 7) is 5.70. The number of fused-ring (bicyclic) bond motifs is 2. The Hall–Kier alpha value is -3.12. The molecule has 2 atom stereocenters. The van der Waals surface area contributed by atoms with Crippen molar-refractivity contribution in [3.63, 3.8) is 0 Å². The van der Waals surface area contributed by atoms with E-state index in [-0.39, 0.29) is 11.8 Å². The number of carbonyl (C=O) groups is 2. The van der Waals surface area contributed by atoms with Gasteiger partial charge in [0.1, 0.15) is 0 Å². The molecule has 168 valence electrons. The lowest BCUT2D eigenvalue weighted by molar-refractivity contribution is -0.124. The van der Waals surface area contributed by atoms with Crippen molar-refractivity contribution < 1.29 is 14.3 Å². The summed E-state index contributed by atoms with van der Waals surface area (Å²) in [4.78, 5) is 32.3. The van der Waals surface area contributed by atoms with Gasteiger partial charge < -0.3 is 19.9 Å². The van der Waals surface area contributed by atoms with E-state index in [1.54, 1.807) is 12.0 Å². The minimum atomic E-state index is -0.507. The topological polar surface area (TPSA) is 74.4 Å². The Kier molecular flexibility index (Phi) is 6.61. The Morgan fingerprint density at radius 3 is 2.66 bits per heavy atom. The van der Waals surface area contributed by atoms with Crippen molar-refractivity contribution in [2.24, 2.45) is 5.92 Å². The van der Waals surface area contributed by atoms with Gasteiger partial charge in [0.25, 0.3) is 5.91 Å². The first-order valence-electron chi connectivity index (χ1n) is 11.3. The van der Waals surface area contributed by atoms with E-state index in [2.05, 4.69) is 24.1 Å². The largest absolute Gasteiger partial charge is 0.383 e. The van der Waals surface area contributed by atoms with Crippen molar-refractivity contribution in [3.8, 4) is 0 Å². The fourth-order valence-corrected chi connectivity index (χ4v) is 4.59. The van der Waals surface area contributed by atoms with Crippen LogP contribution in [0, 0.1) is 5.92 Å². The Morgan fingerprint density at radius 1 is 1.12 bits per heavy atom. The van der Waals surface area contributed by atoms with E-state index in [4.69, 9.17) is 4.74 Å². The van der Waals surface area contributed by atoms with Crippen LogP contribution >= 0.6 is 0 Å². The average molecular weight is 434 g/mol. The number of H-pyrrole nitrogens is 1. The van der Waals surface area contributed by atoms with Gasteiger partial charge in [-0.3, -0.25) is 9.59 Å². The third-order valence-electron chi connectivity index (χ3n) is 6.22. The van der Waals surface area contributed by atoms with Gasteiger partial charge in [-0.05, 0) is 30.0 Å². The molecule has 2 heterocycles. The van der Waals surface area contributed by atoms with Gasteiger partial charge in [-0.25, -0.2) is 0 Å². The summed E-state index contributed by atoms with van der Waals surface area (Å²) in [6.07, 6.45) is 2.84. The molecule has 0 aliphatic carbocycles. The molecule has 6 heteroatoms. The lowest BCUT2D eigenvalue weighted by atomic mass is 9.79. The summed E-state index contributed by atoms with van der Waals surface area (Å²) in [5, 5.41) is 4.16. The van der Waals surface area contributed by atoms with Crippen molar-refractivity contribution in [1.82, 2.24) is 15.2 Å². The van der Waals surface area contributed by atoms with Gasteiger partial charge in [0.15, 0.2) is 0 Å². The lowest BCUT2D eigenvalue weighted by Crippen LogP contribution is -2.48. The Morgan fingerprint density at radius 2 is 1.88 bits per heavy atom. The molecule has 2 N–H and O–H groups in total. The Bertz CT molecular complexity index is 1100. The number of benzene rings is 2. The van der Waals surface area contributed by atoms with E-state index in [0.29, 0.717) is 31.2 Å². The molecule has 0 fully saturated rings. The number of rotatable bonds is 8. The van der Waals surface area contributed by atoms with E-state index in [9.17, 15) is 9.59 Å². The summed E-state index contributed by atoms with van der Waals surface area (Å²) in [6, 6.07) is 15.1. The second-order valence-corrected chi connectivity index (χ2v) is 8.76. The third-order valence-corrected chi connectivity index (χ3v) is 6.22. The van der Waals surface area contributed by atoms with Crippen LogP contribution in [0.15, 0.2) is 54.7 Å². The number of aromatic nitrogens is 1. The molecule has 2 unspecified atom stereocenters. The third kappa shape index (κ3) is 4.15. The lowest BCUT2D eigenvalue weighted by Gasteiger charge is -2.41. The quantitative estimate of drug-likeness (QED) is 0.558. The van der Waals surface area contributed by atoms with Gasteiger partial charge in [-0.15, -0.1) is 0 Å². The van der Waals surface area contributed by atoms with Crippen LogP contribution in [0.5, 0.6) is 0 Å². The fraction of sp³-hybridized carbons (Fsp3) is 0.385. The van der Waals surface area contributed by atoms with Crippen molar-refractivity contribution in [3.05, 3.63) is 71.4 Å². The zero-order valence-corrected chi connectivity index (χ0v) is 18.9. The highest BCUT2D eigenvalue weighted by molar-refractivity contribution is 6.02. The van der Waals surface area contributed by atoms with Crippen LogP contribution in [0.1, 0.15) is 53.7 Å². The van der Waals surface area contributed by atoms with E-state index < -0.39 is 12.0 Å². The number of hydrogen-bond donors (Lipinski definition) is 2. The van der Waals surface area contributed by atoms with Crippen LogP contribution in [0.4, 0.5) is 0 Å². The molecule has 0 spiro atoms. The average Bonchev–Trinajstić information content (AvgIpc) is 3.22. The van der Waals surface area contributed by atoms with Crippen molar-refractivity contribution >= 4 is 22.7 Å². The second-order valence-electron chi connectivity index (χ2n) is 8.76. The number of amides is 2. The summed E-state index contributed by atoms with van der Waals surface area (Å²) in [5.74, 6) is -0.132. The summed E-state index contributed by atoms with van der Waals surface area (Å²) >= 11 is 0. The molecular formula is C26H31N3O3. The van der Waals surface area contributed by atoms with Crippen LogP contribution in [0.2, 0.25) is 0 Å². The maximum atomic E-state index is 13.6. The van der Waals surface area contributed by atoms with Crippen LogP contribution in [0.25, 0.3) is 10.9 Å². The predicted octanol–water partition coefficient (Wildman–Crippen LogP) is 4.26. The molecule has 32 heavy (non-hydrogen) atoms. The summed E-state index contributed by atoms with van der Waals surface area (Å²) in [5.41, 5.74) is 3.30. The standard InChI is InChI=1S/C26H31N3O3/c1-17(2)12-13-27-25(30)23-19-9-4-5-10-20(19)26(31)29(14-15-32-3)24(23)21-16-28-22-11-7-6-8-18(21)22/h4-11,16-17,23-24,28H,12-15H2,1-3H3,(H,27,30). The molecule has 1 aliphatic heterocycles. The molecule has 2 aromatic carbocycles. The Balaban J connectivity index is 1.83. The molecule has 4 rings (SSSR count). The molecule has 0 radical (unpaired) electrons. The molecule has 3 aromatic rings. The van der Waals surface area contributed by atoms with Crippen LogP contribution in [-0.4, -0.2) is 48.5 Å². The normalized spacial score (nSPS) is 18.2. The van der Waals surface area contributed by atoms with E-state index in [1.165, 1.54) is 0 Å². The highest BCUT2D eigenvalue weighted by Gasteiger charge is 2.44. The van der Waals surface area contributed by atoms with E-state index >= 15 is 0 Å². The maximum absolute atomic E-state index is 13.6. The summed E-state index contributed by atoms with van der Waals surface area (Å²) < 4.78 is 5.32. The number of nitrogens with zero attached hydrogens (tertiary/aromatic N) is 1. The molecule has 2 amide bonds. The smallest absolute Gasteiger partial charge is 0.254 e. The predicted molar refractivity (Wildman–Crippen MR) is 126 cm³/mol. The SMILES string of the molecule is COCCN1C(=O)c2ccccc2C(C(=O)NCCC(C)C)C1c1c[nH]c2ccccc12. The van der Waals surface area contributed by atoms with E-state index in [1.807, 2.05) is 54.7 Å². The van der Waals surface area contributed by atoms with Crippen LogP contribution in [0.3, 0.4) is 0 Å². The first-order chi connectivity index (χ1) is 15.5. The van der Waals surface area contributed by atoms with Gasteiger partial charge in [0.05, 0.1) is 18.6 Å². The van der Waals surface area contributed by atoms with Gasteiger partial charge in [0.2, 0.25) is 5.91 Å². The first kappa shape index (κ1) is 22.1. The van der Waals surface area contributed by atoms with Gasteiger partial charge in [0, 0.05) is 48.4 Å². The van der Waals surface area contributed by atoms with Gasteiger partial charge in [-0.2, -0.15) is 0 Å². The first-order valence-corrected chi connectivity index (χ1v) is 11.3.